The van der Waals surface area contributed by atoms with Crippen molar-refractivity contribution in [3.05, 3.63) is 64.2 Å². The van der Waals surface area contributed by atoms with Crippen LogP contribution in [-0.2, 0) is 6.42 Å². The summed E-state index contributed by atoms with van der Waals surface area (Å²) in [7, 11) is 0. The first kappa shape index (κ1) is 13.2. The van der Waals surface area contributed by atoms with E-state index in [4.69, 9.17) is 4.74 Å². The van der Waals surface area contributed by atoms with Crippen LogP contribution < -0.4 is 4.74 Å². The van der Waals surface area contributed by atoms with Gasteiger partial charge in [0, 0.05) is 0 Å². The van der Waals surface area contributed by atoms with Crippen molar-refractivity contribution < 1.29 is 9.84 Å². The maximum atomic E-state index is 10.7. The van der Waals surface area contributed by atoms with E-state index >= 15 is 0 Å². The highest BCUT2D eigenvalue weighted by Crippen LogP contribution is 2.31. The van der Waals surface area contributed by atoms with Gasteiger partial charge in [0.15, 0.2) is 0 Å². The van der Waals surface area contributed by atoms with Gasteiger partial charge >= 0.3 is 0 Å². The zero-order valence-corrected chi connectivity index (χ0v) is 12.0. The van der Waals surface area contributed by atoms with E-state index in [-0.39, 0.29) is 0 Å². The Morgan fingerprint density at radius 2 is 1.95 bits per heavy atom. The van der Waals surface area contributed by atoms with Crippen LogP contribution in [0.25, 0.3) is 0 Å². The molecule has 0 aromatic heterocycles. The molecule has 0 radical (unpaired) electrons. The number of benzene rings is 2. The van der Waals surface area contributed by atoms with Crippen molar-refractivity contribution in [2.24, 2.45) is 0 Å². The Labute approximate surface area is 120 Å². The molecule has 1 unspecified atom stereocenters. The van der Waals surface area contributed by atoms with Gasteiger partial charge in [-0.1, -0.05) is 29.8 Å². The largest absolute Gasteiger partial charge is 0.493 e. The third-order valence-electron chi connectivity index (χ3n) is 3.98. The van der Waals surface area contributed by atoms with E-state index in [0.717, 1.165) is 41.9 Å². The van der Waals surface area contributed by atoms with Gasteiger partial charge in [-0.3, -0.25) is 0 Å². The average Bonchev–Trinajstić information content (AvgIpc) is 2.48. The van der Waals surface area contributed by atoms with Crippen molar-refractivity contribution >= 4 is 0 Å². The molecule has 1 aliphatic heterocycles. The van der Waals surface area contributed by atoms with Gasteiger partial charge in [0.1, 0.15) is 11.9 Å². The lowest BCUT2D eigenvalue weighted by atomic mass is 9.93. The molecule has 3 rings (SSSR count). The van der Waals surface area contributed by atoms with Crippen molar-refractivity contribution in [2.75, 3.05) is 6.61 Å². The smallest absolute Gasteiger partial charge is 0.122 e. The minimum absolute atomic E-state index is 0.567. The van der Waals surface area contributed by atoms with E-state index < -0.39 is 6.10 Å². The molecule has 0 saturated heterocycles. The van der Waals surface area contributed by atoms with Crippen LogP contribution >= 0.6 is 0 Å². The summed E-state index contributed by atoms with van der Waals surface area (Å²) in [5.74, 6) is 0.966. The third-order valence-corrected chi connectivity index (χ3v) is 3.98. The van der Waals surface area contributed by atoms with Crippen molar-refractivity contribution in [2.45, 2.75) is 32.8 Å². The van der Waals surface area contributed by atoms with Crippen LogP contribution in [0.1, 0.15) is 40.3 Å². The first-order valence-corrected chi connectivity index (χ1v) is 7.16. The Balaban J connectivity index is 1.97. The van der Waals surface area contributed by atoms with Crippen molar-refractivity contribution in [3.63, 3.8) is 0 Å². The summed E-state index contributed by atoms with van der Waals surface area (Å²) in [6, 6.07) is 12.2. The van der Waals surface area contributed by atoms with Crippen molar-refractivity contribution in [3.8, 4) is 5.75 Å². The highest BCUT2D eigenvalue weighted by Gasteiger charge is 2.17. The van der Waals surface area contributed by atoms with Crippen LogP contribution in [0.5, 0.6) is 5.75 Å². The molecule has 0 saturated carbocycles. The van der Waals surface area contributed by atoms with Crippen molar-refractivity contribution in [1.82, 2.24) is 0 Å². The second-order valence-corrected chi connectivity index (χ2v) is 5.58. The zero-order valence-electron chi connectivity index (χ0n) is 12.0. The van der Waals surface area contributed by atoms with Crippen molar-refractivity contribution in [1.29, 1.82) is 0 Å². The third kappa shape index (κ3) is 2.44. The minimum atomic E-state index is -0.567. The molecule has 2 nitrogen and oxygen atoms in total. The molecule has 1 atom stereocenters. The molecule has 0 amide bonds. The normalized spacial score (nSPS) is 15.3. The molecule has 104 valence electrons. The van der Waals surface area contributed by atoms with Crippen LogP contribution in [0.3, 0.4) is 0 Å². The Kier molecular flexibility index (Phi) is 3.49. The number of aliphatic hydroxyl groups excluding tert-OH is 1. The molecule has 0 bridgehead atoms. The van der Waals surface area contributed by atoms with Gasteiger partial charge in [0.25, 0.3) is 0 Å². The Hall–Kier alpha value is -1.80. The minimum Gasteiger partial charge on any atom is -0.493 e. The summed E-state index contributed by atoms with van der Waals surface area (Å²) in [6.45, 7) is 4.89. The summed E-state index contributed by atoms with van der Waals surface area (Å²) in [6.07, 6.45) is 1.51. The molecule has 0 aliphatic carbocycles. The predicted molar refractivity (Wildman–Crippen MR) is 80.2 cm³/mol. The molecular weight excluding hydrogens is 248 g/mol. The molecule has 2 aromatic rings. The molecule has 1 heterocycles. The Morgan fingerprint density at radius 3 is 2.80 bits per heavy atom. The fourth-order valence-electron chi connectivity index (χ4n) is 2.78. The number of fused-ring (bicyclic) bond motifs is 1. The SMILES string of the molecule is Cc1ccc(C)c(C(O)c2ccc3c(c2)CCCO3)c1. The second-order valence-electron chi connectivity index (χ2n) is 5.58. The van der Waals surface area contributed by atoms with E-state index in [0.29, 0.717) is 0 Å². The second kappa shape index (κ2) is 5.29. The first-order valence-electron chi connectivity index (χ1n) is 7.16. The topological polar surface area (TPSA) is 29.5 Å². The molecule has 1 N–H and O–H groups in total. The number of rotatable bonds is 2. The van der Waals surface area contributed by atoms with E-state index in [1.54, 1.807) is 0 Å². The number of aryl methyl sites for hydroxylation is 3. The van der Waals surface area contributed by atoms with E-state index in [1.807, 2.05) is 19.1 Å². The van der Waals surface area contributed by atoms with Crippen LogP contribution in [-0.4, -0.2) is 11.7 Å². The predicted octanol–water partition coefficient (Wildman–Crippen LogP) is 3.71. The maximum Gasteiger partial charge on any atom is 0.122 e. The number of hydrogen-bond acceptors (Lipinski definition) is 2. The van der Waals surface area contributed by atoms with Crippen LogP contribution in [0.2, 0.25) is 0 Å². The summed E-state index contributed by atoms with van der Waals surface area (Å²) >= 11 is 0. The van der Waals surface area contributed by atoms with Gasteiger partial charge < -0.3 is 9.84 Å². The molecule has 2 heteroatoms. The van der Waals surface area contributed by atoms with Gasteiger partial charge in [0.2, 0.25) is 0 Å². The lowest BCUT2D eigenvalue weighted by molar-refractivity contribution is 0.218. The van der Waals surface area contributed by atoms with Gasteiger partial charge in [-0.05, 0) is 61.1 Å². The van der Waals surface area contributed by atoms with E-state index in [2.05, 4.69) is 31.2 Å². The number of aliphatic hydroxyl groups is 1. The lowest BCUT2D eigenvalue weighted by Gasteiger charge is -2.20. The van der Waals surface area contributed by atoms with Gasteiger partial charge in [-0.15, -0.1) is 0 Å². The summed E-state index contributed by atoms with van der Waals surface area (Å²) in [4.78, 5) is 0. The van der Waals surface area contributed by atoms with Crippen LogP contribution in [0, 0.1) is 13.8 Å². The summed E-state index contributed by atoms with van der Waals surface area (Å²) in [5.41, 5.74) is 5.44. The fraction of sp³-hybridized carbons (Fsp3) is 0.333. The monoisotopic (exact) mass is 268 g/mol. The molecule has 0 spiro atoms. The molecule has 0 fully saturated rings. The van der Waals surface area contributed by atoms with E-state index in [9.17, 15) is 5.11 Å². The molecule has 20 heavy (non-hydrogen) atoms. The number of hydrogen-bond donors (Lipinski definition) is 1. The van der Waals surface area contributed by atoms with Crippen LogP contribution in [0.15, 0.2) is 36.4 Å². The molecule has 1 aliphatic rings. The average molecular weight is 268 g/mol. The lowest BCUT2D eigenvalue weighted by Crippen LogP contribution is -2.10. The Morgan fingerprint density at radius 1 is 1.10 bits per heavy atom. The standard InChI is InChI=1S/C18H20O2/c1-12-5-6-13(2)16(10-12)18(19)15-7-8-17-14(11-15)4-3-9-20-17/h5-8,10-11,18-19H,3-4,9H2,1-2H3. The fourth-order valence-corrected chi connectivity index (χ4v) is 2.78. The molecular formula is C18H20O2. The van der Waals surface area contributed by atoms with Gasteiger partial charge in [-0.2, -0.15) is 0 Å². The first-order chi connectivity index (χ1) is 9.65. The van der Waals surface area contributed by atoms with E-state index in [1.165, 1.54) is 11.1 Å². The Bertz CT molecular complexity index is 631. The zero-order chi connectivity index (χ0) is 14.1. The number of ether oxygens (including phenoxy) is 1. The summed E-state index contributed by atoms with van der Waals surface area (Å²) in [5, 5.41) is 10.7. The van der Waals surface area contributed by atoms with Crippen LogP contribution in [0.4, 0.5) is 0 Å². The highest BCUT2D eigenvalue weighted by atomic mass is 16.5. The van der Waals surface area contributed by atoms with Gasteiger partial charge in [0.05, 0.1) is 6.61 Å². The maximum absolute atomic E-state index is 10.7. The van der Waals surface area contributed by atoms with Gasteiger partial charge in [-0.25, -0.2) is 0 Å². The quantitative estimate of drug-likeness (QED) is 0.899. The summed E-state index contributed by atoms with van der Waals surface area (Å²) < 4.78 is 5.63. The molecule has 2 aromatic carbocycles. The highest BCUT2D eigenvalue weighted by molar-refractivity contribution is 5.43.